The van der Waals surface area contributed by atoms with Gasteiger partial charge in [0.1, 0.15) is 5.82 Å². The van der Waals surface area contributed by atoms with Gasteiger partial charge in [0, 0.05) is 17.1 Å². The van der Waals surface area contributed by atoms with E-state index in [1.54, 1.807) is 12.1 Å². The van der Waals surface area contributed by atoms with Crippen molar-refractivity contribution in [2.45, 2.75) is 19.0 Å². The van der Waals surface area contributed by atoms with Crippen LogP contribution < -0.4 is 20.2 Å². The number of aryl methyl sites for hydroxylation is 2. The second-order valence-corrected chi connectivity index (χ2v) is 9.19. The van der Waals surface area contributed by atoms with Crippen molar-refractivity contribution in [3.63, 3.8) is 0 Å². The Hall–Kier alpha value is -3.51. The van der Waals surface area contributed by atoms with Crippen molar-refractivity contribution >= 4 is 51.4 Å². The molecule has 0 atom stereocenters. The molecule has 0 saturated carbocycles. The summed E-state index contributed by atoms with van der Waals surface area (Å²) in [5, 5.41) is 7.12. The average Bonchev–Trinajstić information content (AvgIpc) is 2.82. The van der Waals surface area contributed by atoms with Gasteiger partial charge in [-0.3, -0.25) is 9.59 Å². The summed E-state index contributed by atoms with van der Waals surface area (Å²) in [6, 6.07) is 10.6. The molecule has 2 aromatic carbocycles. The van der Waals surface area contributed by atoms with E-state index >= 15 is 0 Å². The SMILES string of the molecule is COc1cc(/C=N\NC(=O)CSc2nc(C)cc(C)n2)cc(Br)c1OCC(=O)Nc1ccc(F)cc1. The van der Waals surface area contributed by atoms with Gasteiger partial charge in [0.15, 0.2) is 23.3 Å². The van der Waals surface area contributed by atoms with Gasteiger partial charge in [0.25, 0.3) is 11.8 Å². The van der Waals surface area contributed by atoms with Crippen molar-refractivity contribution in [2.24, 2.45) is 5.10 Å². The Balaban J connectivity index is 1.54. The average molecular weight is 576 g/mol. The molecule has 0 unspecified atom stereocenters. The molecule has 0 radical (unpaired) electrons. The predicted octanol–water partition coefficient (Wildman–Crippen LogP) is 4.26. The zero-order valence-corrected chi connectivity index (χ0v) is 22.1. The standard InChI is InChI=1S/C24H23BrFN5O4S/c1-14-8-15(2)29-24(28-14)36-13-22(33)31-27-11-16-9-19(25)23(20(10-16)34-3)35-12-21(32)30-18-6-4-17(26)5-7-18/h4-11H,12-13H2,1-3H3,(H,30,32)(H,31,33)/b27-11-. The molecule has 0 aliphatic carbocycles. The van der Waals surface area contributed by atoms with Crippen LogP contribution in [0.5, 0.6) is 11.5 Å². The number of anilines is 1. The minimum Gasteiger partial charge on any atom is -0.493 e. The van der Waals surface area contributed by atoms with Gasteiger partial charge in [-0.25, -0.2) is 19.8 Å². The smallest absolute Gasteiger partial charge is 0.262 e. The minimum atomic E-state index is -0.423. The molecule has 36 heavy (non-hydrogen) atoms. The molecule has 0 aliphatic heterocycles. The normalized spacial score (nSPS) is 10.8. The number of hydrogen-bond donors (Lipinski definition) is 2. The molecule has 3 aromatic rings. The summed E-state index contributed by atoms with van der Waals surface area (Å²) in [6.45, 7) is 3.45. The second-order valence-electron chi connectivity index (χ2n) is 7.39. The molecule has 0 spiro atoms. The molecular weight excluding hydrogens is 553 g/mol. The van der Waals surface area contributed by atoms with Gasteiger partial charge in [0.2, 0.25) is 0 Å². The molecule has 2 amide bonds. The maximum absolute atomic E-state index is 13.0. The van der Waals surface area contributed by atoms with Crippen LogP contribution in [0, 0.1) is 19.7 Å². The van der Waals surface area contributed by atoms with E-state index in [2.05, 4.69) is 41.7 Å². The summed E-state index contributed by atoms with van der Waals surface area (Å²) in [6.07, 6.45) is 1.45. The van der Waals surface area contributed by atoms with Crippen LogP contribution in [-0.2, 0) is 9.59 Å². The van der Waals surface area contributed by atoms with E-state index in [1.165, 1.54) is 49.4 Å². The van der Waals surface area contributed by atoms with E-state index in [-0.39, 0.29) is 18.3 Å². The fraction of sp³-hybridized carbons (Fsp3) is 0.208. The predicted molar refractivity (Wildman–Crippen MR) is 139 cm³/mol. The van der Waals surface area contributed by atoms with Gasteiger partial charge < -0.3 is 14.8 Å². The van der Waals surface area contributed by atoms with Crippen molar-refractivity contribution in [2.75, 3.05) is 24.8 Å². The molecular formula is C24H23BrFN5O4S. The van der Waals surface area contributed by atoms with Gasteiger partial charge in [-0.05, 0) is 77.8 Å². The Morgan fingerprint density at radius 3 is 2.47 bits per heavy atom. The Bertz CT molecular complexity index is 1250. The van der Waals surface area contributed by atoms with Crippen molar-refractivity contribution in [3.8, 4) is 11.5 Å². The number of nitrogens with one attached hydrogen (secondary N) is 2. The van der Waals surface area contributed by atoms with Gasteiger partial charge in [0.05, 0.1) is 23.5 Å². The van der Waals surface area contributed by atoms with E-state index in [9.17, 15) is 14.0 Å². The number of hydrogen-bond acceptors (Lipinski definition) is 8. The lowest BCUT2D eigenvalue weighted by molar-refractivity contribution is -0.119. The Morgan fingerprint density at radius 2 is 1.81 bits per heavy atom. The summed E-state index contributed by atoms with van der Waals surface area (Å²) < 4.78 is 24.5. The number of nitrogens with zero attached hydrogens (tertiary/aromatic N) is 3. The van der Waals surface area contributed by atoms with Crippen LogP contribution in [0.25, 0.3) is 0 Å². The fourth-order valence-corrected chi connectivity index (χ4v) is 4.24. The molecule has 3 rings (SSSR count). The van der Waals surface area contributed by atoms with Crippen LogP contribution in [0.4, 0.5) is 10.1 Å². The van der Waals surface area contributed by atoms with E-state index < -0.39 is 11.7 Å². The van der Waals surface area contributed by atoms with E-state index in [1.807, 2.05) is 19.9 Å². The highest BCUT2D eigenvalue weighted by molar-refractivity contribution is 9.10. The minimum absolute atomic E-state index is 0.111. The molecule has 2 N–H and O–H groups in total. The summed E-state index contributed by atoms with van der Waals surface area (Å²) in [5.41, 5.74) is 5.20. The fourth-order valence-electron chi connectivity index (χ4n) is 2.92. The molecule has 1 heterocycles. The first-order chi connectivity index (χ1) is 17.2. The second kappa shape index (κ2) is 13.0. The topological polar surface area (TPSA) is 115 Å². The molecule has 0 fully saturated rings. The molecule has 0 bridgehead atoms. The number of rotatable bonds is 10. The first kappa shape index (κ1) is 27.1. The number of aromatic nitrogens is 2. The Kier molecular flexibility index (Phi) is 9.77. The van der Waals surface area contributed by atoms with Crippen LogP contribution >= 0.6 is 27.7 Å². The number of benzene rings is 2. The Morgan fingerprint density at radius 1 is 1.11 bits per heavy atom. The highest BCUT2D eigenvalue weighted by atomic mass is 79.9. The number of methoxy groups -OCH3 is 1. The molecule has 188 valence electrons. The molecule has 9 nitrogen and oxygen atoms in total. The van der Waals surface area contributed by atoms with Gasteiger partial charge in [-0.2, -0.15) is 5.10 Å². The van der Waals surface area contributed by atoms with E-state index in [0.717, 1.165) is 11.4 Å². The largest absolute Gasteiger partial charge is 0.493 e. The van der Waals surface area contributed by atoms with Crippen LogP contribution in [-0.4, -0.2) is 47.5 Å². The maximum atomic E-state index is 13.0. The number of hydrazone groups is 1. The highest BCUT2D eigenvalue weighted by Gasteiger charge is 2.14. The first-order valence-corrected chi connectivity index (χ1v) is 12.3. The molecule has 1 aromatic heterocycles. The monoisotopic (exact) mass is 575 g/mol. The van der Waals surface area contributed by atoms with E-state index in [0.29, 0.717) is 32.4 Å². The first-order valence-electron chi connectivity index (χ1n) is 10.6. The summed E-state index contributed by atoms with van der Waals surface area (Å²) in [5.74, 6) is -0.343. The van der Waals surface area contributed by atoms with Crippen LogP contribution in [0.2, 0.25) is 0 Å². The number of ether oxygens (including phenoxy) is 2. The highest BCUT2D eigenvalue weighted by Crippen LogP contribution is 2.36. The van der Waals surface area contributed by atoms with Crippen LogP contribution in [0.3, 0.4) is 0 Å². The molecule has 0 aliphatic rings. The van der Waals surface area contributed by atoms with Crippen LogP contribution in [0.15, 0.2) is 57.2 Å². The zero-order chi connectivity index (χ0) is 26.1. The van der Waals surface area contributed by atoms with Gasteiger partial charge in [-0.1, -0.05) is 11.8 Å². The number of halogens is 2. The number of carbonyl (C=O) groups is 2. The zero-order valence-electron chi connectivity index (χ0n) is 19.7. The lowest BCUT2D eigenvalue weighted by Crippen LogP contribution is -2.20. The van der Waals surface area contributed by atoms with Crippen molar-refractivity contribution in [1.29, 1.82) is 0 Å². The number of amides is 2. The lowest BCUT2D eigenvalue weighted by atomic mass is 10.2. The third kappa shape index (κ3) is 8.31. The maximum Gasteiger partial charge on any atom is 0.262 e. The number of thioether (sulfide) groups is 1. The van der Waals surface area contributed by atoms with Gasteiger partial charge in [-0.15, -0.1) is 0 Å². The third-order valence-corrected chi connectivity index (χ3v) is 5.86. The van der Waals surface area contributed by atoms with Crippen molar-refractivity contribution in [1.82, 2.24) is 15.4 Å². The van der Waals surface area contributed by atoms with Crippen molar-refractivity contribution < 1.29 is 23.5 Å². The van der Waals surface area contributed by atoms with Crippen LogP contribution in [0.1, 0.15) is 17.0 Å². The third-order valence-electron chi connectivity index (χ3n) is 4.42. The number of carbonyl (C=O) groups excluding carboxylic acids is 2. The lowest BCUT2D eigenvalue weighted by Gasteiger charge is -2.13. The van der Waals surface area contributed by atoms with Crippen molar-refractivity contribution in [3.05, 3.63) is 69.7 Å². The summed E-state index contributed by atoms with van der Waals surface area (Å²) in [7, 11) is 1.46. The van der Waals surface area contributed by atoms with E-state index in [4.69, 9.17) is 9.47 Å². The summed E-state index contributed by atoms with van der Waals surface area (Å²) in [4.78, 5) is 32.8. The summed E-state index contributed by atoms with van der Waals surface area (Å²) >= 11 is 4.62. The van der Waals surface area contributed by atoms with Gasteiger partial charge >= 0.3 is 0 Å². The molecule has 0 saturated heterocycles. The Labute approximate surface area is 220 Å². The quantitative estimate of drug-likeness (QED) is 0.160. The molecule has 12 heteroatoms.